The second-order valence-corrected chi connectivity index (χ2v) is 8.21. The van der Waals surface area contributed by atoms with E-state index in [-0.39, 0.29) is 5.97 Å². The van der Waals surface area contributed by atoms with Crippen molar-refractivity contribution >= 4 is 5.97 Å². The number of unbranched alkanes of at least 4 members (excludes halogenated alkanes) is 7. The van der Waals surface area contributed by atoms with Crippen LogP contribution in [-0.2, 0) is 9.53 Å². The predicted octanol–water partition coefficient (Wildman–Crippen LogP) is 7.22. The first kappa shape index (κ1) is 22.3. The quantitative estimate of drug-likeness (QED) is 0.188. The zero-order valence-corrected chi connectivity index (χ0v) is 17.0. The smallest absolute Gasteiger partial charge is 0.333 e. The van der Waals surface area contributed by atoms with Gasteiger partial charge in [0, 0.05) is 5.57 Å². The van der Waals surface area contributed by atoms with Crippen LogP contribution in [0.4, 0.5) is 0 Å². The molecular formula is C23H42O2. The molecule has 1 saturated carbocycles. The van der Waals surface area contributed by atoms with E-state index in [0.29, 0.717) is 12.2 Å². The number of carbonyl (C=O) groups is 1. The molecule has 0 aromatic carbocycles. The average molecular weight is 351 g/mol. The van der Waals surface area contributed by atoms with Crippen LogP contribution in [0.25, 0.3) is 0 Å². The van der Waals surface area contributed by atoms with Gasteiger partial charge in [0.15, 0.2) is 0 Å². The summed E-state index contributed by atoms with van der Waals surface area (Å²) < 4.78 is 5.16. The van der Waals surface area contributed by atoms with Crippen molar-refractivity contribution in [2.45, 2.75) is 110 Å². The van der Waals surface area contributed by atoms with E-state index in [1.807, 2.05) is 0 Å². The Morgan fingerprint density at radius 3 is 1.84 bits per heavy atom. The number of hydrogen-bond acceptors (Lipinski definition) is 2. The van der Waals surface area contributed by atoms with Gasteiger partial charge in [0.25, 0.3) is 0 Å². The highest BCUT2D eigenvalue weighted by Gasteiger charge is 2.20. The van der Waals surface area contributed by atoms with Crippen LogP contribution >= 0.6 is 0 Å². The predicted molar refractivity (Wildman–Crippen MR) is 108 cm³/mol. The molecule has 0 aliphatic heterocycles. The molecule has 0 spiro atoms. The van der Waals surface area contributed by atoms with Gasteiger partial charge in [-0.25, -0.2) is 4.79 Å². The minimum Gasteiger partial charge on any atom is -0.462 e. The van der Waals surface area contributed by atoms with Crippen LogP contribution in [-0.4, -0.2) is 12.6 Å². The van der Waals surface area contributed by atoms with Crippen LogP contribution in [0, 0.1) is 11.8 Å². The standard InChI is InChI=1S/C23H42O2/c1-4-5-6-7-8-9-10-13-21-15-17-22(18-16-21)14-11-12-19-25-23(24)20(2)3/h21-22H,2,4-19H2,1,3H3. The summed E-state index contributed by atoms with van der Waals surface area (Å²) in [6.07, 6.45) is 20.7. The summed E-state index contributed by atoms with van der Waals surface area (Å²) >= 11 is 0. The zero-order valence-electron chi connectivity index (χ0n) is 17.0. The first-order chi connectivity index (χ1) is 12.1. The molecule has 0 radical (unpaired) electrons. The van der Waals surface area contributed by atoms with Crippen molar-refractivity contribution in [3.05, 3.63) is 12.2 Å². The van der Waals surface area contributed by atoms with E-state index in [1.54, 1.807) is 6.92 Å². The van der Waals surface area contributed by atoms with Crippen LogP contribution in [0.3, 0.4) is 0 Å². The van der Waals surface area contributed by atoms with E-state index in [1.165, 1.54) is 89.9 Å². The van der Waals surface area contributed by atoms with Gasteiger partial charge in [-0.1, -0.05) is 97.0 Å². The van der Waals surface area contributed by atoms with Gasteiger partial charge in [0.05, 0.1) is 6.61 Å². The number of esters is 1. The normalized spacial score (nSPS) is 20.4. The molecule has 146 valence electrons. The summed E-state index contributed by atoms with van der Waals surface area (Å²) in [7, 11) is 0. The fourth-order valence-corrected chi connectivity index (χ4v) is 4.02. The molecule has 2 heteroatoms. The molecule has 25 heavy (non-hydrogen) atoms. The van der Waals surface area contributed by atoms with E-state index in [2.05, 4.69) is 13.5 Å². The van der Waals surface area contributed by atoms with Crippen LogP contribution in [0.1, 0.15) is 110 Å². The van der Waals surface area contributed by atoms with Gasteiger partial charge in [0.1, 0.15) is 0 Å². The molecule has 0 amide bonds. The maximum atomic E-state index is 11.3. The van der Waals surface area contributed by atoms with Crippen molar-refractivity contribution in [1.29, 1.82) is 0 Å². The highest BCUT2D eigenvalue weighted by molar-refractivity contribution is 5.86. The number of carbonyl (C=O) groups excluding carboxylic acids is 1. The maximum Gasteiger partial charge on any atom is 0.333 e. The van der Waals surface area contributed by atoms with E-state index < -0.39 is 0 Å². The fourth-order valence-electron chi connectivity index (χ4n) is 4.02. The Morgan fingerprint density at radius 1 is 0.840 bits per heavy atom. The SMILES string of the molecule is C=C(C)C(=O)OCCCCC1CCC(CCCCCCCCC)CC1. The van der Waals surface area contributed by atoms with Gasteiger partial charge in [0.2, 0.25) is 0 Å². The monoisotopic (exact) mass is 350 g/mol. The van der Waals surface area contributed by atoms with Crippen molar-refractivity contribution in [2.24, 2.45) is 11.8 Å². The zero-order chi connectivity index (χ0) is 18.3. The van der Waals surface area contributed by atoms with Gasteiger partial charge >= 0.3 is 5.97 Å². The Labute approximate surface area is 156 Å². The molecule has 0 saturated heterocycles. The van der Waals surface area contributed by atoms with Gasteiger partial charge in [-0.05, 0) is 31.6 Å². The molecular weight excluding hydrogens is 308 g/mol. The first-order valence-corrected chi connectivity index (χ1v) is 11.0. The van der Waals surface area contributed by atoms with E-state index >= 15 is 0 Å². The lowest BCUT2D eigenvalue weighted by Gasteiger charge is -2.28. The molecule has 1 fully saturated rings. The van der Waals surface area contributed by atoms with Crippen LogP contribution in [0.2, 0.25) is 0 Å². The summed E-state index contributed by atoms with van der Waals surface area (Å²) in [5, 5.41) is 0. The third-order valence-corrected chi connectivity index (χ3v) is 5.77. The fraction of sp³-hybridized carbons (Fsp3) is 0.870. The van der Waals surface area contributed by atoms with Crippen molar-refractivity contribution in [1.82, 2.24) is 0 Å². The molecule has 0 N–H and O–H groups in total. The van der Waals surface area contributed by atoms with Crippen LogP contribution in [0.5, 0.6) is 0 Å². The second kappa shape index (κ2) is 14.4. The average Bonchev–Trinajstić information content (AvgIpc) is 2.61. The molecule has 0 aromatic heterocycles. The van der Waals surface area contributed by atoms with E-state index in [9.17, 15) is 4.79 Å². The molecule has 1 aliphatic carbocycles. The highest BCUT2D eigenvalue weighted by Crippen LogP contribution is 2.34. The Bertz CT molecular complexity index is 353. The van der Waals surface area contributed by atoms with Crippen LogP contribution in [0.15, 0.2) is 12.2 Å². The third-order valence-electron chi connectivity index (χ3n) is 5.77. The molecule has 0 aromatic rings. The minimum absolute atomic E-state index is 0.245. The van der Waals surface area contributed by atoms with Gasteiger partial charge in [-0.15, -0.1) is 0 Å². The summed E-state index contributed by atoms with van der Waals surface area (Å²) in [5.74, 6) is 1.68. The lowest BCUT2D eigenvalue weighted by atomic mass is 9.78. The maximum absolute atomic E-state index is 11.3. The number of ether oxygens (including phenoxy) is 1. The molecule has 0 bridgehead atoms. The van der Waals surface area contributed by atoms with Crippen molar-refractivity contribution in [3.8, 4) is 0 Å². The number of rotatable bonds is 14. The van der Waals surface area contributed by atoms with Crippen molar-refractivity contribution in [3.63, 3.8) is 0 Å². The minimum atomic E-state index is -0.245. The number of hydrogen-bond donors (Lipinski definition) is 0. The molecule has 1 aliphatic rings. The van der Waals surface area contributed by atoms with Crippen LogP contribution < -0.4 is 0 Å². The van der Waals surface area contributed by atoms with Gasteiger partial charge in [-0.3, -0.25) is 0 Å². The summed E-state index contributed by atoms with van der Waals surface area (Å²) in [5.41, 5.74) is 0.499. The van der Waals surface area contributed by atoms with E-state index in [4.69, 9.17) is 4.74 Å². The molecule has 2 nitrogen and oxygen atoms in total. The summed E-state index contributed by atoms with van der Waals surface area (Å²) in [6, 6.07) is 0. The van der Waals surface area contributed by atoms with Crippen molar-refractivity contribution < 1.29 is 9.53 Å². The van der Waals surface area contributed by atoms with Gasteiger partial charge < -0.3 is 4.74 Å². The summed E-state index contributed by atoms with van der Waals surface area (Å²) in [6.45, 7) is 8.15. The second-order valence-electron chi connectivity index (χ2n) is 8.21. The Morgan fingerprint density at radius 2 is 1.32 bits per heavy atom. The van der Waals surface area contributed by atoms with Crippen molar-refractivity contribution in [2.75, 3.05) is 6.61 Å². The Hall–Kier alpha value is -0.790. The molecule has 0 atom stereocenters. The Kier molecular flexibility index (Phi) is 12.8. The lowest BCUT2D eigenvalue weighted by Crippen LogP contribution is -2.15. The Balaban J connectivity index is 1.92. The van der Waals surface area contributed by atoms with Gasteiger partial charge in [-0.2, -0.15) is 0 Å². The topological polar surface area (TPSA) is 26.3 Å². The summed E-state index contributed by atoms with van der Waals surface area (Å²) in [4.78, 5) is 11.3. The third kappa shape index (κ3) is 11.4. The lowest BCUT2D eigenvalue weighted by molar-refractivity contribution is -0.139. The molecule has 0 heterocycles. The highest BCUT2D eigenvalue weighted by atomic mass is 16.5. The largest absolute Gasteiger partial charge is 0.462 e. The molecule has 0 unspecified atom stereocenters. The van der Waals surface area contributed by atoms with E-state index in [0.717, 1.165) is 18.3 Å². The molecule has 1 rings (SSSR count). The first-order valence-electron chi connectivity index (χ1n) is 11.0.